The number of aliphatic hydroxyl groups excluding tert-OH is 1. The van der Waals surface area contributed by atoms with Gasteiger partial charge < -0.3 is 20.5 Å². The van der Waals surface area contributed by atoms with E-state index in [9.17, 15) is 9.90 Å². The van der Waals surface area contributed by atoms with Crippen LogP contribution in [0, 0.1) is 6.92 Å². The standard InChI is InChI=1S/C14H22N2O3/c1-10-6-11(4-5-13(10)19-3)9-16(2)14(18)7-12(17)8-15/h4-6,12,17H,7-9,15H2,1-3H3. The fourth-order valence-electron chi connectivity index (χ4n) is 1.84. The molecule has 0 spiro atoms. The minimum atomic E-state index is -0.771. The Balaban J connectivity index is 2.63. The summed E-state index contributed by atoms with van der Waals surface area (Å²) in [6.45, 7) is 2.56. The molecule has 0 saturated carbocycles. The van der Waals surface area contributed by atoms with Crippen LogP contribution in [0.25, 0.3) is 0 Å². The molecule has 19 heavy (non-hydrogen) atoms. The van der Waals surface area contributed by atoms with E-state index in [1.807, 2.05) is 25.1 Å². The molecule has 106 valence electrons. The molecule has 5 nitrogen and oxygen atoms in total. The van der Waals surface area contributed by atoms with E-state index < -0.39 is 6.10 Å². The molecule has 1 unspecified atom stereocenters. The first-order valence-electron chi connectivity index (χ1n) is 6.23. The lowest BCUT2D eigenvalue weighted by atomic mass is 10.1. The average Bonchev–Trinajstić information content (AvgIpc) is 2.38. The van der Waals surface area contributed by atoms with E-state index in [2.05, 4.69) is 0 Å². The van der Waals surface area contributed by atoms with Gasteiger partial charge in [-0.05, 0) is 24.1 Å². The van der Waals surface area contributed by atoms with Crippen molar-refractivity contribution in [3.8, 4) is 5.75 Å². The molecular formula is C14H22N2O3. The van der Waals surface area contributed by atoms with Crippen LogP contribution in [0.3, 0.4) is 0 Å². The van der Waals surface area contributed by atoms with Gasteiger partial charge in [-0.1, -0.05) is 12.1 Å². The molecule has 0 bridgehead atoms. The Morgan fingerprint density at radius 1 is 1.53 bits per heavy atom. The highest BCUT2D eigenvalue weighted by atomic mass is 16.5. The summed E-state index contributed by atoms with van der Waals surface area (Å²) in [5.41, 5.74) is 7.35. The third kappa shape index (κ3) is 4.54. The number of rotatable bonds is 6. The van der Waals surface area contributed by atoms with Gasteiger partial charge in [0.2, 0.25) is 5.91 Å². The summed E-state index contributed by atoms with van der Waals surface area (Å²) < 4.78 is 5.19. The molecule has 0 aliphatic rings. The lowest BCUT2D eigenvalue weighted by Gasteiger charge is -2.19. The van der Waals surface area contributed by atoms with Crippen LogP contribution in [0.2, 0.25) is 0 Å². The van der Waals surface area contributed by atoms with E-state index in [-0.39, 0.29) is 18.9 Å². The van der Waals surface area contributed by atoms with Gasteiger partial charge in [-0.25, -0.2) is 0 Å². The van der Waals surface area contributed by atoms with Gasteiger partial charge in [-0.3, -0.25) is 4.79 Å². The minimum Gasteiger partial charge on any atom is -0.496 e. The van der Waals surface area contributed by atoms with Gasteiger partial charge in [0.15, 0.2) is 0 Å². The van der Waals surface area contributed by atoms with Crippen LogP contribution >= 0.6 is 0 Å². The molecule has 0 aliphatic heterocycles. The number of amides is 1. The van der Waals surface area contributed by atoms with Gasteiger partial charge in [0, 0.05) is 20.1 Å². The molecule has 3 N–H and O–H groups in total. The van der Waals surface area contributed by atoms with Gasteiger partial charge in [-0.15, -0.1) is 0 Å². The van der Waals surface area contributed by atoms with Crippen molar-refractivity contribution in [2.24, 2.45) is 5.73 Å². The summed E-state index contributed by atoms with van der Waals surface area (Å²) in [5, 5.41) is 9.37. The van der Waals surface area contributed by atoms with Crippen molar-refractivity contribution in [2.75, 3.05) is 20.7 Å². The van der Waals surface area contributed by atoms with Crippen molar-refractivity contribution < 1.29 is 14.6 Å². The third-order valence-corrected chi connectivity index (χ3v) is 2.99. The maximum Gasteiger partial charge on any atom is 0.225 e. The van der Waals surface area contributed by atoms with Crippen LogP contribution in [-0.2, 0) is 11.3 Å². The minimum absolute atomic E-state index is 0.0577. The van der Waals surface area contributed by atoms with Crippen molar-refractivity contribution in [2.45, 2.75) is 26.0 Å². The highest BCUT2D eigenvalue weighted by Crippen LogP contribution is 2.19. The van der Waals surface area contributed by atoms with Crippen LogP contribution in [0.15, 0.2) is 18.2 Å². The largest absolute Gasteiger partial charge is 0.496 e. The SMILES string of the molecule is COc1ccc(CN(C)C(=O)CC(O)CN)cc1C. The van der Waals surface area contributed by atoms with E-state index >= 15 is 0 Å². The van der Waals surface area contributed by atoms with Crippen LogP contribution in [0.1, 0.15) is 17.5 Å². The maximum atomic E-state index is 11.8. The molecule has 1 aromatic carbocycles. The zero-order chi connectivity index (χ0) is 14.4. The highest BCUT2D eigenvalue weighted by Gasteiger charge is 2.14. The number of ether oxygens (including phenoxy) is 1. The number of carbonyl (C=O) groups excluding carboxylic acids is 1. The summed E-state index contributed by atoms with van der Waals surface area (Å²) in [7, 11) is 3.34. The molecule has 0 aliphatic carbocycles. The van der Waals surface area contributed by atoms with Crippen molar-refractivity contribution in [1.82, 2.24) is 4.90 Å². The van der Waals surface area contributed by atoms with Crippen molar-refractivity contribution >= 4 is 5.91 Å². The zero-order valence-electron chi connectivity index (χ0n) is 11.7. The fourth-order valence-corrected chi connectivity index (χ4v) is 1.84. The predicted octanol–water partition coefficient (Wildman–Crippen LogP) is 0.672. The topological polar surface area (TPSA) is 75.8 Å². The number of aryl methyl sites for hydroxylation is 1. The summed E-state index contributed by atoms with van der Waals surface area (Å²) in [6, 6.07) is 5.80. The molecule has 5 heteroatoms. The number of nitrogens with two attached hydrogens (primary N) is 1. The number of methoxy groups -OCH3 is 1. The Morgan fingerprint density at radius 3 is 2.74 bits per heavy atom. The van der Waals surface area contributed by atoms with Gasteiger partial charge >= 0.3 is 0 Å². The zero-order valence-corrected chi connectivity index (χ0v) is 11.7. The third-order valence-electron chi connectivity index (χ3n) is 2.99. The molecule has 0 radical (unpaired) electrons. The lowest BCUT2D eigenvalue weighted by Crippen LogP contribution is -2.32. The number of hydrogen-bond donors (Lipinski definition) is 2. The molecule has 1 rings (SSSR count). The van der Waals surface area contributed by atoms with Gasteiger partial charge in [0.25, 0.3) is 0 Å². The number of aliphatic hydroxyl groups is 1. The second-order valence-electron chi connectivity index (χ2n) is 4.65. The molecule has 1 amide bonds. The highest BCUT2D eigenvalue weighted by molar-refractivity contribution is 5.76. The Bertz CT molecular complexity index is 435. The summed E-state index contributed by atoms with van der Waals surface area (Å²) in [5.74, 6) is 0.711. The van der Waals surface area contributed by atoms with Crippen molar-refractivity contribution in [3.05, 3.63) is 29.3 Å². The predicted molar refractivity (Wildman–Crippen MR) is 73.9 cm³/mol. The number of benzene rings is 1. The summed E-state index contributed by atoms with van der Waals surface area (Å²) in [6.07, 6.45) is -0.713. The monoisotopic (exact) mass is 266 g/mol. The molecule has 1 atom stereocenters. The Morgan fingerprint density at radius 2 is 2.21 bits per heavy atom. The van der Waals surface area contributed by atoms with E-state index in [0.717, 1.165) is 16.9 Å². The van der Waals surface area contributed by atoms with Gasteiger partial charge in [0.1, 0.15) is 5.75 Å². The van der Waals surface area contributed by atoms with E-state index in [1.165, 1.54) is 0 Å². The smallest absolute Gasteiger partial charge is 0.225 e. The number of nitrogens with zero attached hydrogens (tertiary/aromatic N) is 1. The summed E-state index contributed by atoms with van der Waals surface area (Å²) >= 11 is 0. The molecule has 0 fully saturated rings. The first kappa shape index (κ1) is 15.5. The van der Waals surface area contributed by atoms with E-state index in [1.54, 1.807) is 19.1 Å². The summed E-state index contributed by atoms with van der Waals surface area (Å²) in [4.78, 5) is 13.4. The van der Waals surface area contributed by atoms with Crippen LogP contribution in [-0.4, -0.2) is 42.7 Å². The van der Waals surface area contributed by atoms with Crippen LogP contribution < -0.4 is 10.5 Å². The second-order valence-corrected chi connectivity index (χ2v) is 4.65. The Hall–Kier alpha value is -1.59. The average molecular weight is 266 g/mol. The molecule has 1 aromatic rings. The number of hydrogen-bond acceptors (Lipinski definition) is 4. The van der Waals surface area contributed by atoms with Crippen molar-refractivity contribution in [1.29, 1.82) is 0 Å². The van der Waals surface area contributed by atoms with Crippen molar-refractivity contribution in [3.63, 3.8) is 0 Å². The fraction of sp³-hybridized carbons (Fsp3) is 0.500. The normalized spacial score (nSPS) is 12.1. The van der Waals surface area contributed by atoms with Crippen LogP contribution in [0.5, 0.6) is 5.75 Å². The molecule has 0 saturated heterocycles. The van der Waals surface area contributed by atoms with Crippen LogP contribution in [0.4, 0.5) is 0 Å². The quantitative estimate of drug-likeness (QED) is 0.793. The van der Waals surface area contributed by atoms with E-state index in [4.69, 9.17) is 10.5 Å². The second kappa shape index (κ2) is 7.11. The Kier molecular flexibility index (Phi) is 5.79. The lowest BCUT2D eigenvalue weighted by molar-refractivity contribution is -0.132. The molecule has 0 heterocycles. The maximum absolute atomic E-state index is 11.8. The first-order chi connectivity index (χ1) is 8.97. The first-order valence-corrected chi connectivity index (χ1v) is 6.23. The van der Waals surface area contributed by atoms with Gasteiger partial charge in [0.05, 0.1) is 19.6 Å². The molecular weight excluding hydrogens is 244 g/mol. The Labute approximate surface area is 114 Å². The number of carbonyl (C=O) groups is 1. The molecule has 0 aromatic heterocycles. The van der Waals surface area contributed by atoms with Gasteiger partial charge in [-0.2, -0.15) is 0 Å². The van der Waals surface area contributed by atoms with E-state index in [0.29, 0.717) is 6.54 Å².